The molecule has 0 aromatic heterocycles. The third kappa shape index (κ3) is 5.27. The second-order valence-corrected chi connectivity index (χ2v) is 5.11. The van der Waals surface area contributed by atoms with Crippen LogP contribution in [0.3, 0.4) is 0 Å². The molecule has 1 aliphatic heterocycles. The zero-order valence-corrected chi connectivity index (χ0v) is 13.4. The van der Waals surface area contributed by atoms with Crippen LogP contribution in [0.2, 0.25) is 0 Å². The van der Waals surface area contributed by atoms with E-state index in [2.05, 4.69) is 22.3 Å². The Bertz CT molecular complexity index is 269. The molecule has 1 unspecified atom stereocenters. The van der Waals surface area contributed by atoms with Crippen LogP contribution in [0.25, 0.3) is 0 Å². The Balaban J connectivity index is 0.00000162. The van der Waals surface area contributed by atoms with E-state index in [9.17, 15) is 0 Å². The summed E-state index contributed by atoms with van der Waals surface area (Å²) in [7, 11) is 2.11. The lowest BCUT2D eigenvalue weighted by Gasteiger charge is -2.29. The first-order valence-electron chi connectivity index (χ1n) is 6.60. The van der Waals surface area contributed by atoms with Crippen LogP contribution in [-0.4, -0.2) is 56.3 Å². The van der Waals surface area contributed by atoms with Gasteiger partial charge >= 0.3 is 0 Å². The summed E-state index contributed by atoms with van der Waals surface area (Å²) in [5.74, 6) is 0.578. The van der Waals surface area contributed by atoms with Crippen molar-refractivity contribution in [3.63, 3.8) is 0 Å². The fourth-order valence-electron chi connectivity index (χ4n) is 2.50. The molecule has 18 heavy (non-hydrogen) atoms. The van der Waals surface area contributed by atoms with E-state index in [1.807, 2.05) is 0 Å². The Labute approximate surface area is 127 Å². The minimum Gasteiger partial charge on any atom is -0.374 e. The number of nitrogens with one attached hydrogen (secondary N) is 1. The molecule has 0 radical (unpaired) electrons. The van der Waals surface area contributed by atoms with E-state index in [4.69, 9.17) is 10.5 Å². The molecule has 0 spiro atoms. The third-order valence-electron chi connectivity index (χ3n) is 3.51. The average molecular weight is 368 g/mol. The van der Waals surface area contributed by atoms with Gasteiger partial charge in [-0.15, -0.1) is 24.0 Å². The van der Waals surface area contributed by atoms with Crippen molar-refractivity contribution < 1.29 is 4.74 Å². The highest BCUT2D eigenvalue weighted by Crippen LogP contribution is 2.17. The number of hydrogen-bond donors (Lipinski definition) is 2. The van der Waals surface area contributed by atoms with Crippen LogP contribution in [0.5, 0.6) is 0 Å². The molecule has 2 rings (SSSR count). The van der Waals surface area contributed by atoms with E-state index in [1.54, 1.807) is 0 Å². The number of guanidine groups is 1. The summed E-state index contributed by atoms with van der Waals surface area (Å²) in [5.41, 5.74) is 5.88. The van der Waals surface area contributed by atoms with E-state index < -0.39 is 0 Å². The van der Waals surface area contributed by atoms with E-state index in [-0.39, 0.29) is 30.1 Å². The molecule has 1 heterocycles. The zero-order valence-electron chi connectivity index (χ0n) is 11.1. The van der Waals surface area contributed by atoms with Crippen LogP contribution in [0.1, 0.15) is 25.7 Å². The predicted molar refractivity (Wildman–Crippen MR) is 84.5 cm³/mol. The molecular formula is C12H25IN4O. The van der Waals surface area contributed by atoms with Crippen LogP contribution in [0.15, 0.2) is 4.99 Å². The molecule has 0 amide bonds. The lowest BCUT2D eigenvalue weighted by molar-refractivity contribution is -0.0136. The molecule has 2 aliphatic rings. The Hall–Kier alpha value is -0.0800. The number of ether oxygens (including phenoxy) is 1. The fourth-order valence-corrected chi connectivity index (χ4v) is 2.50. The van der Waals surface area contributed by atoms with Gasteiger partial charge in [0.15, 0.2) is 5.96 Å². The molecule has 6 heteroatoms. The van der Waals surface area contributed by atoms with Crippen molar-refractivity contribution in [3.05, 3.63) is 0 Å². The minimum absolute atomic E-state index is 0. The average Bonchev–Trinajstić information content (AvgIpc) is 2.79. The highest BCUT2D eigenvalue weighted by atomic mass is 127. The van der Waals surface area contributed by atoms with Gasteiger partial charge in [-0.2, -0.15) is 0 Å². The number of nitrogens with zero attached hydrogens (tertiary/aromatic N) is 2. The van der Waals surface area contributed by atoms with Gasteiger partial charge in [0, 0.05) is 19.1 Å². The van der Waals surface area contributed by atoms with Crippen molar-refractivity contribution in [2.24, 2.45) is 10.7 Å². The monoisotopic (exact) mass is 368 g/mol. The third-order valence-corrected chi connectivity index (χ3v) is 3.51. The normalized spacial score (nSPS) is 26.9. The van der Waals surface area contributed by atoms with Crippen molar-refractivity contribution in [3.8, 4) is 0 Å². The lowest BCUT2D eigenvalue weighted by atomic mass is 10.2. The fraction of sp³-hybridized carbons (Fsp3) is 0.917. The molecule has 0 aromatic rings. The standard InChI is InChI=1S/C12H24N4O.HI/c1-16-6-7-17-11(9-16)8-14-12(13)15-10-4-2-3-5-10;/h10-11H,2-9H2,1H3,(H3,13,14,15);1H. The number of aliphatic imine (C=N–C) groups is 1. The second-order valence-electron chi connectivity index (χ2n) is 5.11. The van der Waals surface area contributed by atoms with Crippen molar-refractivity contribution in [2.45, 2.75) is 37.8 Å². The highest BCUT2D eigenvalue weighted by Gasteiger charge is 2.18. The Kier molecular flexibility index (Phi) is 7.25. The number of hydrogen-bond acceptors (Lipinski definition) is 3. The van der Waals surface area contributed by atoms with Gasteiger partial charge in [0.25, 0.3) is 0 Å². The van der Waals surface area contributed by atoms with E-state index in [1.165, 1.54) is 25.7 Å². The van der Waals surface area contributed by atoms with Gasteiger partial charge in [0.1, 0.15) is 0 Å². The molecular weight excluding hydrogens is 343 g/mol. The van der Waals surface area contributed by atoms with Crippen LogP contribution in [0, 0.1) is 0 Å². The molecule has 1 atom stereocenters. The number of likely N-dealkylation sites (N-methyl/N-ethyl adjacent to an activating group) is 1. The molecule has 0 bridgehead atoms. The molecule has 1 aliphatic carbocycles. The molecule has 2 fully saturated rings. The van der Waals surface area contributed by atoms with Crippen molar-refractivity contribution in [1.29, 1.82) is 0 Å². The Morgan fingerprint density at radius 3 is 2.83 bits per heavy atom. The van der Waals surface area contributed by atoms with Gasteiger partial charge in [0.2, 0.25) is 0 Å². The molecule has 5 nitrogen and oxygen atoms in total. The highest BCUT2D eigenvalue weighted by molar-refractivity contribution is 14.0. The summed E-state index contributed by atoms with van der Waals surface area (Å²) in [6.07, 6.45) is 5.25. The van der Waals surface area contributed by atoms with Gasteiger partial charge in [0.05, 0.1) is 19.3 Å². The van der Waals surface area contributed by atoms with Crippen LogP contribution >= 0.6 is 24.0 Å². The van der Waals surface area contributed by atoms with Crippen LogP contribution in [-0.2, 0) is 4.74 Å². The summed E-state index contributed by atoms with van der Waals surface area (Å²) in [5, 5.41) is 3.29. The maximum Gasteiger partial charge on any atom is 0.188 e. The molecule has 3 N–H and O–H groups in total. The maximum absolute atomic E-state index is 5.88. The largest absolute Gasteiger partial charge is 0.374 e. The Morgan fingerprint density at radius 2 is 2.17 bits per heavy atom. The van der Waals surface area contributed by atoms with E-state index >= 15 is 0 Å². The molecule has 106 valence electrons. The number of nitrogens with two attached hydrogens (primary N) is 1. The van der Waals surface area contributed by atoms with E-state index in [0.29, 0.717) is 18.5 Å². The minimum atomic E-state index is 0. The van der Waals surface area contributed by atoms with Crippen molar-refractivity contribution in [2.75, 3.05) is 33.3 Å². The van der Waals surface area contributed by atoms with Crippen LogP contribution < -0.4 is 11.1 Å². The van der Waals surface area contributed by atoms with Crippen LogP contribution in [0.4, 0.5) is 0 Å². The first-order valence-corrected chi connectivity index (χ1v) is 6.60. The number of rotatable bonds is 3. The molecule has 1 saturated carbocycles. The zero-order chi connectivity index (χ0) is 12.1. The summed E-state index contributed by atoms with van der Waals surface area (Å²) >= 11 is 0. The van der Waals surface area contributed by atoms with Gasteiger partial charge in [-0.25, -0.2) is 0 Å². The number of halogens is 1. The Morgan fingerprint density at radius 1 is 1.44 bits per heavy atom. The van der Waals surface area contributed by atoms with Crippen molar-refractivity contribution in [1.82, 2.24) is 10.2 Å². The quantitative estimate of drug-likeness (QED) is 0.439. The van der Waals surface area contributed by atoms with Gasteiger partial charge in [-0.1, -0.05) is 12.8 Å². The summed E-state index contributed by atoms with van der Waals surface area (Å²) in [6.45, 7) is 3.42. The lowest BCUT2D eigenvalue weighted by Crippen LogP contribution is -2.43. The maximum atomic E-state index is 5.88. The van der Waals surface area contributed by atoms with Crippen molar-refractivity contribution >= 4 is 29.9 Å². The van der Waals surface area contributed by atoms with Gasteiger partial charge < -0.3 is 20.7 Å². The first-order chi connectivity index (χ1) is 8.24. The second kappa shape index (κ2) is 8.16. The summed E-state index contributed by atoms with van der Waals surface area (Å²) in [6, 6.07) is 0.536. The van der Waals surface area contributed by atoms with E-state index in [0.717, 1.165) is 19.7 Å². The number of morpholine rings is 1. The van der Waals surface area contributed by atoms with Gasteiger partial charge in [-0.05, 0) is 19.9 Å². The SMILES string of the molecule is CN1CCOC(CN=C(N)NC2CCCC2)C1.I. The molecule has 0 aromatic carbocycles. The summed E-state index contributed by atoms with van der Waals surface area (Å²) in [4.78, 5) is 6.65. The van der Waals surface area contributed by atoms with Gasteiger partial charge in [-0.3, -0.25) is 4.99 Å². The molecule has 1 saturated heterocycles. The summed E-state index contributed by atoms with van der Waals surface area (Å²) < 4.78 is 5.64. The first kappa shape index (κ1) is 16.0. The predicted octanol–water partition coefficient (Wildman–Crippen LogP) is 0.782. The topological polar surface area (TPSA) is 62.9 Å². The smallest absolute Gasteiger partial charge is 0.188 e.